The molecule has 2 rings (SSSR count). The minimum atomic E-state index is 0.595. The molecule has 0 amide bonds. The van der Waals surface area contributed by atoms with Crippen molar-refractivity contribution in [3.63, 3.8) is 0 Å². The molecule has 1 atom stereocenters. The van der Waals surface area contributed by atoms with E-state index in [0.29, 0.717) is 6.04 Å². The van der Waals surface area contributed by atoms with E-state index in [1.165, 1.54) is 36.1 Å². The molecule has 1 aliphatic rings. The molecule has 100 valence electrons. The molecule has 1 aromatic rings. The first-order chi connectivity index (χ1) is 8.76. The lowest BCUT2D eigenvalue weighted by Gasteiger charge is -2.23. The smallest absolute Gasteiger partial charge is 0.0419 e. The van der Waals surface area contributed by atoms with Gasteiger partial charge in [0.25, 0.3) is 0 Å². The third kappa shape index (κ3) is 2.86. The zero-order valence-electron chi connectivity index (χ0n) is 11.9. The molecule has 2 heteroatoms. The molecule has 1 aromatic carbocycles. The van der Waals surface area contributed by atoms with Crippen LogP contribution in [0.25, 0.3) is 0 Å². The second-order valence-electron chi connectivity index (χ2n) is 5.37. The highest BCUT2D eigenvalue weighted by Crippen LogP contribution is 2.26. The van der Waals surface area contributed by atoms with Gasteiger partial charge in [0.2, 0.25) is 0 Å². The largest absolute Gasteiger partial charge is 0.384 e. The van der Waals surface area contributed by atoms with E-state index in [0.717, 1.165) is 19.0 Å². The number of anilines is 1. The van der Waals surface area contributed by atoms with Crippen LogP contribution in [-0.4, -0.2) is 12.6 Å². The van der Waals surface area contributed by atoms with E-state index >= 15 is 0 Å². The Bertz CT molecular complexity index is 383. The number of fused-ring (bicyclic) bond motifs is 1. The molecule has 0 aromatic heterocycles. The van der Waals surface area contributed by atoms with Crippen LogP contribution in [0.3, 0.4) is 0 Å². The number of nitrogens with one attached hydrogen (secondary N) is 2. The summed E-state index contributed by atoms with van der Waals surface area (Å²) < 4.78 is 0. The lowest BCUT2D eigenvalue weighted by Crippen LogP contribution is -2.32. The maximum absolute atomic E-state index is 3.69. The molecule has 1 unspecified atom stereocenters. The Morgan fingerprint density at radius 2 is 2.06 bits per heavy atom. The molecular weight excluding hydrogens is 220 g/mol. The van der Waals surface area contributed by atoms with Crippen LogP contribution in [0.2, 0.25) is 0 Å². The van der Waals surface area contributed by atoms with Crippen LogP contribution >= 0.6 is 0 Å². The number of rotatable bonds is 6. The molecular formula is C16H26N2. The fraction of sp³-hybridized carbons (Fsp3) is 0.625. The quantitative estimate of drug-likeness (QED) is 0.802. The molecule has 2 N–H and O–H groups in total. The van der Waals surface area contributed by atoms with E-state index in [2.05, 4.69) is 49.6 Å². The molecule has 0 bridgehead atoms. The van der Waals surface area contributed by atoms with Gasteiger partial charge in [-0.1, -0.05) is 44.9 Å². The lowest BCUT2D eigenvalue weighted by atomic mass is 9.95. The second-order valence-corrected chi connectivity index (χ2v) is 5.37. The first kappa shape index (κ1) is 13.4. The van der Waals surface area contributed by atoms with E-state index in [9.17, 15) is 0 Å². The number of hydrogen-bond acceptors (Lipinski definition) is 2. The van der Waals surface area contributed by atoms with Crippen molar-refractivity contribution in [3.05, 3.63) is 29.3 Å². The van der Waals surface area contributed by atoms with Crippen molar-refractivity contribution in [1.29, 1.82) is 0 Å². The highest BCUT2D eigenvalue weighted by Gasteiger charge is 2.16. The first-order valence-corrected chi connectivity index (χ1v) is 7.34. The predicted octanol–water partition coefficient (Wildman–Crippen LogP) is 3.57. The summed E-state index contributed by atoms with van der Waals surface area (Å²) in [7, 11) is 0. The molecule has 1 aliphatic heterocycles. The molecule has 0 fully saturated rings. The number of hydrogen-bond donors (Lipinski definition) is 2. The average Bonchev–Trinajstić information content (AvgIpc) is 2.86. The van der Waals surface area contributed by atoms with Gasteiger partial charge in [-0.2, -0.15) is 0 Å². The van der Waals surface area contributed by atoms with Gasteiger partial charge in [0, 0.05) is 24.8 Å². The Balaban J connectivity index is 1.96. The van der Waals surface area contributed by atoms with Gasteiger partial charge in [-0.3, -0.25) is 0 Å². The Labute approximate surface area is 111 Å². The molecule has 0 spiro atoms. The monoisotopic (exact) mass is 246 g/mol. The van der Waals surface area contributed by atoms with E-state index in [1.807, 2.05) is 0 Å². The Kier molecular flexibility index (Phi) is 4.65. The molecule has 0 aliphatic carbocycles. The maximum atomic E-state index is 3.69. The minimum Gasteiger partial charge on any atom is -0.384 e. The van der Waals surface area contributed by atoms with Gasteiger partial charge in [0.15, 0.2) is 0 Å². The number of benzene rings is 1. The van der Waals surface area contributed by atoms with Gasteiger partial charge in [-0.15, -0.1) is 0 Å². The minimum absolute atomic E-state index is 0.595. The van der Waals surface area contributed by atoms with Crippen LogP contribution in [0.4, 0.5) is 5.69 Å². The van der Waals surface area contributed by atoms with Crippen molar-refractivity contribution >= 4 is 5.69 Å². The topological polar surface area (TPSA) is 24.1 Å². The molecule has 0 radical (unpaired) electrons. The van der Waals surface area contributed by atoms with Gasteiger partial charge in [-0.05, 0) is 30.4 Å². The average molecular weight is 246 g/mol. The van der Waals surface area contributed by atoms with E-state index in [1.54, 1.807) is 0 Å². The summed E-state index contributed by atoms with van der Waals surface area (Å²) in [5, 5.41) is 7.20. The Morgan fingerprint density at radius 3 is 2.78 bits per heavy atom. The van der Waals surface area contributed by atoms with Crippen molar-refractivity contribution in [1.82, 2.24) is 5.32 Å². The summed E-state index contributed by atoms with van der Waals surface area (Å²) in [5.41, 5.74) is 4.27. The van der Waals surface area contributed by atoms with Crippen molar-refractivity contribution in [2.75, 3.05) is 11.9 Å². The highest BCUT2D eigenvalue weighted by atomic mass is 14.9. The second kappa shape index (κ2) is 6.24. The van der Waals surface area contributed by atoms with Gasteiger partial charge in [-0.25, -0.2) is 0 Å². The maximum Gasteiger partial charge on any atom is 0.0419 e. The summed E-state index contributed by atoms with van der Waals surface area (Å²) in [4.78, 5) is 0. The van der Waals surface area contributed by atoms with Gasteiger partial charge >= 0.3 is 0 Å². The SMILES string of the molecule is CCC(CC)C(C)NCc1cccc2c1NCC2. The molecule has 18 heavy (non-hydrogen) atoms. The summed E-state index contributed by atoms with van der Waals surface area (Å²) in [5.74, 6) is 0.787. The van der Waals surface area contributed by atoms with Crippen molar-refractivity contribution in [2.45, 2.75) is 52.6 Å². The standard InChI is InChI=1S/C16H26N2/c1-4-13(5-2)12(3)18-11-15-8-6-7-14-9-10-17-16(14)15/h6-8,12-13,17-18H,4-5,9-11H2,1-3H3. The summed E-state index contributed by atoms with van der Waals surface area (Å²) >= 11 is 0. The Morgan fingerprint density at radius 1 is 1.28 bits per heavy atom. The highest BCUT2D eigenvalue weighted by molar-refractivity contribution is 5.61. The summed E-state index contributed by atoms with van der Waals surface area (Å²) in [6.45, 7) is 8.96. The zero-order chi connectivity index (χ0) is 13.0. The summed E-state index contributed by atoms with van der Waals surface area (Å²) in [6, 6.07) is 7.26. The van der Waals surface area contributed by atoms with E-state index in [4.69, 9.17) is 0 Å². The summed E-state index contributed by atoms with van der Waals surface area (Å²) in [6.07, 6.45) is 3.69. The van der Waals surface area contributed by atoms with Gasteiger partial charge in [0.1, 0.15) is 0 Å². The fourth-order valence-corrected chi connectivity index (χ4v) is 2.99. The Hall–Kier alpha value is -1.02. The van der Waals surface area contributed by atoms with Crippen LogP contribution in [0, 0.1) is 5.92 Å². The zero-order valence-corrected chi connectivity index (χ0v) is 11.9. The van der Waals surface area contributed by atoms with Crippen molar-refractivity contribution in [3.8, 4) is 0 Å². The molecule has 1 heterocycles. The predicted molar refractivity (Wildman–Crippen MR) is 79.0 cm³/mol. The molecule has 2 nitrogen and oxygen atoms in total. The van der Waals surface area contributed by atoms with E-state index < -0.39 is 0 Å². The van der Waals surface area contributed by atoms with Crippen LogP contribution in [-0.2, 0) is 13.0 Å². The number of para-hydroxylation sites is 1. The van der Waals surface area contributed by atoms with Gasteiger partial charge in [0.05, 0.1) is 0 Å². The third-order valence-corrected chi connectivity index (χ3v) is 4.30. The van der Waals surface area contributed by atoms with Crippen molar-refractivity contribution < 1.29 is 0 Å². The first-order valence-electron chi connectivity index (χ1n) is 7.34. The lowest BCUT2D eigenvalue weighted by molar-refractivity contribution is 0.353. The van der Waals surface area contributed by atoms with Gasteiger partial charge < -0.3 is 10.6 Å². The fourth-order valence-electron chi connectivity index (χ4n) is 2.99. The third-order valence-electron chi connectivity index (χ3n) is 4.30. The van der Waals surface area contributed by atoms with Crippen LogP contribution in [0.15, 0.2) is 18.2 Å². The van der Waals surface area contributed by atoms with Crippen LogP contribution in [0.5, 0.6) is 0 Å². The van der Waals surface area contributed by atoms with Crippen LogP contribution < -0.4 is 10.6 Å². The normalized spacial score (nSPS) is 15.6. The van der Waals surface area contributed by atoms with E-state index in [-0.39, 0.29) is 0 Å². The molecule has 0 saturated carbocycles. The molecule has 0 saturated heterocycles. The van der Waals surface area contributed by atoms with Crippen molar-refractivity contribution in [2.24, 2.45) is 5.92 Å². The van der Waals surface area contributed by atoms with Crippen LogP contribution in [0.1, 0.15) is 44.7 Å².